The van der Waals surface area contributed by atoms with Gasteiger partial charge in [-0.15, -0.1) is 0 Å². The molecule has 90 valence electrons. The third-order valence-electron chi connectivity index (χ3n) is 3.39. The van der Waals surface area contributed by atoms with Crippen LogP contribution in [0.4, 0.5) is 0 Å². The van der Waals surface area contributed by atoms with Gasteiger partial charge in [-0.1, -0.05) is 13.8 Å². The summed E-state index contributed by atoms with van der Waals surface area (Å²) in [5, 5.41) is 12.4. The summed E-state index contributed by atoms with van der Waals surface area (Å²) in [5.41, 5.74) is -0.884. The number of aliphatic hydroxyl groups is 1. The van der Waals surface area contributed by atoms with Gasteiger partial charge < -0.3 is 20.2 Å². The monoisotopic (exact) mass is 239 g/mol. The van der Waals surface area contributed by atoms with Gasteiger partial charge in [0.05, 0.1) is 13.2 Å². The maximum atomic E-state index is 10.6. The van der Waals surface area contributed by atoms with E-state index in [2.05, 4.69) is 9.84 Å². The summed E-state index contributed by atoms with van der Waals surface area (Å²) in [6.07, 6.45) is 0. The standard InChI is InChI=1S/C8H18NO5P/c1-7(5-10)3-9-4-8(7,2)6-14-15(11,12)13/h9-10H,3-6H2,1-2H3,(H2,11,12,13)/t7-,8+/m1/s1. The second kappa shape index (κ2) is 4.13. The molecule has 0 aromatic rings. The van der Waals surface area contributed by atoms with Gasteiger partial charge in [0, 0.05) is 23.9 Å². The molecule has 0 aliphatic carbocycles. The molecule has 0 aromatic carbocycles. The van der Waals surface area contributed by atoms with Gasteiger partial charge in [0.2, 0.25) is 0 Å². The van der Waals surface area contributed by atoms with E-state index in [9.17, 15) is 9.67 Å². The van der Waals surface area contributed by atoms with E-state index in [0.717, 1.165) is 0 Å². The third kappa shape index (κ3) is 2.78. The molecule has 1 aliphatic heterocycles. The molecule has 1 fully saturated rings. The highest BCUT2D eigenvalue weighted by atomic mass is 31.2. The van der Waals surface area contributed by atoms with Crippen molar-refractivity contribution in [3.05, 3.63) is 0 Å². The van der Waals surface area contributed by atoms with Crippen LogP contribution < -0.4 is 5.32 Å². The topological polar surface area (TPSA) is 99.0 Å². The van der Waals surface area contributed by atoms with Gasteiger partial charge in [-0.25, -0.2) is 4.57 Å². The predicted molar refractivity (Wildman–Crippen MR) is 54.2 cm³/mol. The van der Waals surface area contributed by atoms with E-state index in [4.69, 9.17) is 9.79 Å². The molecule has 0 radical (unpaired) electrons. The van der Waals surface area contributed by atoms with Crippen LogP contribution >= 0.6 is 7.82 Å². The highest BCUT2D eigenvalue weighted by molar-refractivity contribution is 7.46. The van der Waals surface area contributed by atoms with Crippen LogP contribution in [0, 0.1) is 10.8 Å². The molecule has 0 bridgehead atoms. The molecule has 1 aliphatic rings. The van der Waals surface area contributed by atoms with E-state index >= 15 is 0 Å². The minimum atomic E-state index is -4.44. The molecule has 0 saturated carbocycles. The lowest BCUT2D eigenvalue weighted by atomic mass is 9.69. The summed E-state index contributed by atoms with van der Waals surface area (Å²) in [4.78, 5) is 17.3. The van der Waals surface area contributed by atoms with Gasteiger partial charge in [-0.2, -0.15) is 0 Å². The maximum Gasteiger partial charge on any atom is 0.469 e. The van der Waals surface area contributed by atoms with Crippen LogP contribution in [0.5, 0.6) is 0 Å². The molecule has 4 N–H and O–H groups in total. The van der Waals surface area contributed by atoms with E-state index in [1.165, 1.54) is 0 Å². The zero-order valence-corrected chi connectivity index (χ0v) is 9.83. The van der Waals surface area contributed by atoms with Crippen LogP contribution in [-0.2, 0) is 9.09 Å². The van der Waals surface area contributed by atoms with E-state index in [1.807, 2.05) is 13.8 Å². The Morgan fingerprint density at radius 3 is 2.33 bits per heavy atom. The van der Waals surface area contributed by atoms with E-state index in [1.54, 1.807) is 0 Å². The first kappa shape index (κ1) is 13.1. The van der Waals surface area contributed by atoms with Gasteiger partial charge in [0.15, 0.2) is 0 Å². The number of hydrogen-bond donors (Lipinski definition) is 4. The SMILES string of the molecule is C[C@]1(CO)CNC[C@@]1(C)COP(=O)(O)O. The van der Waals surface area contributed by atoms with Gasteiger partial charge in [-0.05, 0) is 0 Å². The van der Waals surface area contributed by atoms with E-state index in [-0.39, 0.29) is 13.2 Å². The van der Waals surface area contributed by atoms with Gasteiger partial charge in [-0.3, -0.25) is 4.52 Å². The van der Waals surface area contributed by atoms with Crippen LogP contribution in [-0.4, -0.2) is 41.2 Å². The van der Waals surface area contributed by atoms with Crippen molar-refractivity contribution in [2.45, 2.75) is 13.8 Å². The summed E-state index contributed by atoms with van der Waals surface area (Å²) < 4.78 is 15.1. The first-order valence-electron chi connectivity index (χ1n) is 4.74. The zero-order valence-electron chi connectivity index (χ0n) is 8.93. The van der Waals surface area contributed by atoms with Crippen LogP contribution in [0.3, 0.4) is 0 Å². The molecule has 0 unspecified atom stereocenters. The van der Waals surface area contributed by atoms with Gasteiger partial charge >= 0.3 is 7.82 Å². The first-order chi connectivity index (χ1) is 6.72. The predicted octanol–water partition coefficient (Wildman–Crippen LogP) is -0.296. The van der Waals surface area contributed by atoms with Gasteiger partial charge in [0.25, 0.3) is 0 Å². The molecule has 0 aromatic heterocycles. The molecule has 1 saturated heterocycles. The fourth-order valence-electron chi connectivity index (χ4n) is 1.74. The molecule has 1 rings (SSSR count). The quantitative estimate of drug-likeness (QED) is 0.503. The minimum absolute atomic E-state index is 0.0407. The van der Waals surface area contributed by atoms with Crippen molar-refractivity contribution in [3.63, 3.8) is 0 Å². The maximum absolute atomic E-state index is 10.6. The largest absolute Gasteiger partial charge is 0.469 e. The van der Waals surface area contributed by atoms with Crippen molar-refractivity contribution < 1.29 is 24.0 Å². The first-order valence-corrected chi connectivity index (χ1v) is 6.27. The highest BCUT2D eigenvalue weighted by Crippen LogP contribution is 2.46. The Morgan fingerprint density at radius 1 is 1.33 bits per heavy atom. The Labute approximate surface area is 88.9 Å². The summed E-state index contributed by atoms with van der Waals surface area (Å²) in [7, 11) is -4.44. The van der Waals surface area contributed by atoms with Crippen molar-refractivity contribution in [1.29, 1.82) is 0 Å². The smallest absolute Gasteiger partial charge is 0.396 e. The summed E-state index contributed by atoms with van der Waals surface area (Å²) >= 11 is 0. The van der Waals surface area contributed by atoms with E-state index in [0.29, 0.717) is 13.1 Å². The summed E-state index contributed by atoms with van der Waals surface area (Å²) in [5.74, 6) is 0. The zero-order chi connectivity index (χ0) is 11.7. The lowest BCUT2D eigenvalue weighted by Crippen LogP contribution is -2.42. The third-order valence-corrected chi connectivity index (χ3v) is 3.85. The van der Waals surface area contributed by atoms with Crippen molar-refractivity contribution in [2.24, 2.45) is 10.8 Å². The van der Waals surface area contributed by atoms with Crippen molar-refractivity contribution >= 4 is 7.82 Å². The summed E-state index contributed by atoms with van der Waals surface area (Å²) in [6.45, 7) is 4.80. The number of aliphatic hydroxyl groups excluding tert-OH is 1. The lowest BCUT2D eigenvalue weighted by molar-refractivity contribution is 0.00885. The number of hydrogen-bond acceptors (Lipinski definition) is 4. The fraction of sp³-hybridized carbons (Fsp3) is 1.00. The number of phosphoric acid groups is 1. The number of rotatable bonds is 4. The Bertz CT molecular complexity index is 280. The molecule has 7 heteroatoms. The molecular weight excluding hydrogens is 221 g/mol. The molecule has 2 atom stereocenters. The average Bonchev–Trinajstić information content (AvgIpc) is 2.41. The number of phosphoric ester groups is 1. The normalized spacial score (nSPS) is 37.1. The lowest BCUT2D eigenvalue weighted by Gasteiger charge is -2.38. The Balaban J connectivity index is 2.70. The van der Waals surface area contributed by atoms with Crippen molar-refractivity contribution in [3.8, 4) is 0 Å². The van der Waals surface area contributed by atoms with Crippen LogP contribution in [0.25, 0.3) is 0 Å². The average molecular weight is 239 g/mol. The van der Waals surface area contributed by atoms with E-state index < -0.39 is 18.7 Å². The van der Waals surface area contributed by atoms with Crippen LogP contribution in [0.15, 0.2) is 0 Å². The Kier molecular flexibility index (Phi) is 3.60. The molecule has 6 nitrogen and oxygen atoms in total. The Hall–Kier alpha value is 0.0300. The molecule has 1 heterocycles. The number of nitrogens with one attached hydrogen (secondary N) is 1. The molecular formula is C8H18NO5P. The highest BCUT2D eigenvalue weighted by Gasteiger charge is 2.49. The van der Waals surface area contributed by atoms with Crippen LogP contribution in [0.1, 0.15) is 13.8 Å². The van der Waals surface area contributed by atoms with Crippen molar-refractivity contribution in [1.82, 2.24) is 5.32 Å². The second-order valence-electron chi connectivity index (χ2n) is 4.65. The van der Waals surface area contributed by atoms with Crippen molar-refractivity contribution in [2.75, 3.05) is 26.3 Å². The molecule has 15 heavy (non-hydrogen) atoms. The Morgan fingerprint density at radius 2 is 1.87 bits per heavy atom. The summed E-state index contributed by atoms with van der Waals surface area (Å²) in [6, 6.07) is 0. The minimum Gasteiger partial charge on any atom is -0.396 e. The fourth-order valence-corrected chi connectivity index (χ4v) is 2.19. The second-order valence-corrected chi connectivity index (χ2v) is 5.89. The van der Waals surface area contributed by atoms with Gasteiger partial charge in [0.1, 0.15) is 0 Å². The molecule has 0 spiro atoms. The van der Waals surface area contributed by atoms with Crippen LogP contribution in [0.2, 0.25) is 0 Å². The molecule has 0 amide bonds.